The molecule has 32 heavy (non-hydrogen) atoms. The van der Waals surface area contributed by atoms with E-state index in [2.05, 4.69) is 5.32 Å². The average molecular weight is 452 g/mol. The number of carbonyl (C=O) groups is 2. The van der Waals surface area contributed by atoms with Gasteiger partial charge in [0.2, 0.25) is 5.91 Å². The maximum Gasteiger partial charge on any atom is 0.268 e. The molecule has 0 radical (unpaired) electrons. The van der Waals surface area contributed by atoms with Crippen LogP contribution in [-0.2, 0) is 16.1 Å². The Kier molecular flexibility index (Phi) is 6.22. The zero-order chi connectivity index (χ0) is 24.0. The molecule has 172 valence electrons. The Balaban J connectivity index is 2.02. The Hall–Kier alpha value is -3.10. The number of hydrogen-bond acceptors (Lipinski definition) is 3. The number of hydrogen-bond donors (Lipinski definition) is 1. The third kappa shape index (κ3) is 4.71. The van der Waals surface area contributed by atoms with Crippen LogP contribution in [0.25, 0.3) is 0 Å². The van der Waals surface area contributed by atoms with E-state index in [0.29, 0.717) is 17.7 Å². The fourth-order valence-corrected chi connectivity index (χ4v) is 3.46. The SMILES string of the molecule is Cc1cc2c(c(F)c1NC(=O)CC(C)(C)C)OC(C)C(=O)N2Cc1cc(F)c(F)cc1F. The summed E-state index contributed by atoms with van der Waals surface area (Å²) < 4.78 is 61.9. The molecule has 2 aromatic rings. The monoisotopic (exact) mass is 452 g/mol. The van der Waals surface area contributed by atoms with Crippen molar-refractivity contribution in [3.63, 3.8) is 0 Å². The molecule has 0 fully saturated rings. The van der Waals surface area contributed by atoms with Gasteiger partial charge >= 0.3 is 0 Å². The van der Waals surface area contributed by atoms with Crippen LogP contribution in [0.15, 0.2) is 18.2 Å². The van der Waals surface area contributed by atoms with Crippen molar-refractivity contribution in [1.82, 2.24) is 0 Å². The lowest BCUT2D eigenvalue weighted by molar-refractivity contribution is -0.125. The van der Waals surface area contributed by atoms with Crippen molar-refractivity contribution in [3.8, 4) is 5.75 Å². The van der Waals surface area contributed by atoms with Crippen LogP contribution in [-0.4, -0.2) is 17.9 Å². The molecule has 1 heterocycles. The van der Waals surface area contributed by atoms with Crippen LogP contribution in [0, 0.1) is 35.6 Å². The predicted molar refractivity (Wildman–Crippen MR) is 111 cm³/mol. The quantitative estimate of drug-likeness (QED) is 0.510. The van der Waals surface area contributed by atoms with Crippen LogP contribution < -0.4 is 15.0 Å². The highest BCUT2D eigenvalue weighted by Crippen LogP contribution is 2.42. The minimum Gasteiger partial charge on any atom is -0.476 e. The van der Waals surface area contributed by atoms with E-state index in [1.54, 1.807) is 0 Å². The number of nitrogens with zero attached hydrogens (tertiary/aromatic N) is 1. The van der Waals surface area contributed by atoms with Gasteiger partial charge in [0.05, 0.1) is 17.9 Å². The normalized spacial score (nSPS) is 16.0. The highest BCUT2D eigenvalue weighted by molar-refractivity contribution is 6.01. The van der Waals surface area contributed by atoms with Crippen LogP contribution in [0.2, 0.25) is 0 Å². The number of rotatable bonds is 4. The number of halogens is 4. The number of nitrogens with one attached hydrogen (secondary N) is 1. The Morgan fingerprint density at radius 1 is 1.09 bits per heavy atom. The molecule has 0 saturated carbocycles. The van der Waals surface area contributed by atoms with E-state index >= 15 is 4.39 Å². The second-order valence-corrected chi connectivity index (χ2v) is 9.06. The second-order valence-electron chi connectivity index (χ2n) is 9.06. The summed E-state index contributed by atoms with van der Waals surface area (Å²) in [6.07, 6.45) is -0.966. The zero-order valence-corrected chi connectivity index (χ0v) is 18.4. The van der Waals surface area contributed by atoms with E-state index in [9.17, 15) is 22.8 Å². The Morgan fingerprint density at radius 3 is 2.34 bits per heavy atom. The first-order valence-corrected chi connectivity index (χ1v) is 10.0. The molecule has 1 atom stereocenters. The minimum atomic E-state index is -1.36. The Morgan fingerprint density at radius 2 is 1.72 bits per heavy atom. The Labute approximate surface area is 183 Å². The van der Waals surface area contributed by atoms with Crippen molar-refractivity contribution < 1.29 is 31.9 Å². The molecule has 5 nitrogen and oxygen atoms in total. The van der Waals surface area contributed by atoms with Gasteiger partial charge in [-0.25, -0.2) is 17.6 Å². The molecular formula is C23H24F4N2O3. The first kappa shape index (κ1) is 23.6. The lowest BCUT2D eigenvalue weighted by atomic mass is 9.92. The van der Waals surface area contributed by atoms with Gasteiger partial charge in [0.1, 0.15) is 5.82 Å². The number of aryl methyl sites for hydroxylation is 1. The van der Waals surface area contributed by atoms with Gasteiger partial charge in [-0.1, -0.05) is 20.8 Å². The number of fused-ring (bicyclic) bond motifs is 1. The van der Waals surface area contributed by atoms with Gasteiger partial charge in [-0.05, 0) is 37.0 Å². The van der Waals surface area contributed by atoms with Crippen LogP contribution >= 0.6 is 0 Å². The summed E-state index contributed by atoms with van der Waals surface area (Å²) in [6, 6.07) is 2.47. The fourth-order valence-electron chi connectivity index (χ4n) is 3.46. The molecule has 9 heteroatoms. The van der Waals surface area contributed by atoms with Crippen molar-refractivity contribution in [3.05, 3.63) is 52.6 Å². The first-order chi connectivity index (χ1) is 14.8. The molecule has 1 unspecified atom stereocenters. The Bertz CT molecular complexity index is 1100. The highest BCUT2D eigenvalue weighted by Gasteiger charge is 2.36. The van der Waals surface area contributed by atoms with Crippen LogP contribution in [0.5, 0.6) is 5.75 Å². The van der Waals surface area contributed by atoms with E-state index in [-0.39, 0.29) is 40.4 Å². The maximum absolute atomic E-state index is 15.4. The summed E-state index contributed by atoms with van der Waals surface area (Å²) in [5.74, 6) is -5.83. The number of ether oxygens (including phenoxy) is 1. The molecule has 2 aromatic carbocycles. The summed E-state index contributed by atoms with van der Waals surface area (Å²) in [7, 11) is 0. The van der Waals surface area contributed by atoms with Gasteiger partial charge in [0.25, 0.3) is 5.91 Å². The van der Waals surface area contributed by atoms with Crippen molar-refractivity contribution in [2.45, 2.75) is 53.7 Å². The van der Waals surface area contributed by atoms with Gasteiger partial charge in [-0.2, -0.15) is 0 Å². The number of amides is 2. The van der Waals surface area contributed by atoms with Gasteiger partial charge in [-0.15, -0.1) is 0 Å². The zero-order valence-electron chi connectivity index (χ0n) is 18.4. The first-order valence-electron chi connectivity index (χ1n) is 10.0. The predicted octanol–water partition coefficient (Wildman–Crippen LogP) is 5.24. The van der Waals surface area contributed by atoms with E-state index in [0.717, 1.165) is 4.90 Å². The summed E-state index contributed by atoms with van der Waals surface area (Å²) in [6.45, 7) is 8.07. The van der Waals surface area contributed by atoms with E-state index in [4.69, 9.17) is 4.74 Å². The molecule has 0 aliphatic carbocycles. The van der Waals surface area contributed by atoms with Crippen molar-refractivity contribution in [1.29, 1.82) is 0 Å². The third-order valence-corrected chi connectivity index (χ3v) is 4.97. The molecule has 0 saturated heterocycles. The topological polar surface area (TPSA) is 58.6 Å². The molecule has 0 bridgehead atoms. The number of anilines is 2. The van der Waals surface area contributed by atoms with Crippen molar-refractivity contribution >= 4 is 23.2 Å². The van der Waals surface area contributed by atoms with Gasteiger partial charge < -0.3 is 15.0 Å². The molecule has 0 aromatic heterocycles. The summed E-state index contributed by atoms with van der Waals surface area (Å²) in [4.78, 5) is 26.1. The van der Waals surface area contributed by atoms with Crippen LogP contribution in [0.1, 0.15) is 45.2 Å². The molecule has 3 rings (SSSR count). The van der Waals surface area contributed by atoms with Gasteiger partial charge in [0, 0.05) is 18.1 Å². The van der Waals surface area contributed by atoms with Crippen LogP contribution in [0.4, 0.5) is 28.9 Å². The summed E-state index contributed by atoms with van der Waals surface area (Å²) in [5.41, 5.74) is -0.367. The molecular weight excluding hydrogens is 428 g/mol. The third-order valence-electron chi connectivity index (χ3n) is 4.97. The standard InChI is InChI=1S/C23H24F4N2O3/c1-11-6-17-21(19(27)20(11)28-18(30)9-23(3,4)5)32-12(2)22(31)29(17)10-13-7-15(25)16(26)8-14(13)24/h6-8,12H,9-10H2,1-5H3,(H,28,30). The molecule has 0 spiro atoms. The lowest BCUT2D eigenvalue weighted by Crippen LogP contribution is -2.44. The van der Waals surface area contributed by atoms with E-state index in [1.807, 2.05) is 20.8 Å². The molecule has 1 N–H and O–H groups in total. The summed E-state index contributed by atoms with van der Waals surface area (Å²) in [5, 5.41) is 2.55. The number of benzene rings is 2. The fraction of sp³-hybridized carbons (Fsp3) is 0.391. The second kappa shape index (κ2) is 8.44. The maximum atomic E-state index is 15.4. The number of carbonyl (C=O) groups excluding carboxylic acids is 2. The molecule has 1 aliphatic heterocycles. The highest BCUT2D eigenvalue weighted by atomic mass is 19.2. The smallest absolute Gasteiger partial charge is 0.268 e. The largest absolute Gasteiger partial charge is 0.476 e. The van der Waals surface area contributed by atoms with E-state index in [1.165, 1.54) is 19.9 Å². The van der Waals surface area contributed by atoms with Gasteiger partial charge in [0.15, 0.2) is 29.3 Å². The van der Waals surface area contributed by atoms with Crippen LogP contribution in [0.3, 0.4) is 0 Å². The van der Waals surface area contributed by atoms with Crippen molar-refractivity contribution in [2.75, 3.05) is 10.2 Å². The van der Waals surface area contributed by atoms with Crippen molar-refractivity contribution in [2.24, 2.45) is 5.41 Å². The van der Waals surface area contributed by atoms with Gasteiger partial charge in [-0.3, -0.25) is 9.59 Å². The lowest BCUT2D eigenvalue weighted by Gasteiger charge is -2.34. The summed E-state index contributed by atoms with van der Waals surface area (Å²) >= 11 is 0. The van der Waals surface area contributed by atoms with E-state index < -0.39 is 41.8 Å². The average Bonchev–Trinajstić information content (AvgIpc) is 2.66. The minimum absolute atomic E-state index is 0.000975. The molecule has 1 aliphatic rings. The molecule has 2 amide bonds.